The summed E-state index contributed by atoms with van der Waals surface area (Å²) in [4.78, 5) is 20.2. The van der Waals surface area contributed by atoms with Gasteiger partial charge in [-0.05, 0) is 24.8 Å². The molecular formula is C14H16N4OS. The number of thioether (sulfide) groups is 1. The minimum absolute atomic E-state index is 0.209. The lowest BCUT2D eigenvalue weighted by Gasteiger charge is -2.25. The molecule has 1 aromatic heterocycles. The lowest BCUT2D eigenvalue weighted by molar-refractivity contribution is -0.123. The molecule has 0 spiro atoms. The number of para-hydroxylation sites is 1. The summed E-state index contributed by atoms with van der Waals surface area (Å²) < 4.78 is 0. The van der Waals surface area contributed by atoms with Crippen LogP contribution >= 0.6 is 11.8 Å². The fourth-order valence-corrected chi connectivity index (χ4v) is 3.47. The number of fused-ring (bicyclic) bond motifs is 1. The van der Waals surface area contributed by atoms with Crippen LogP contribution in [0.5, 0.6) is 0 Å². The quantitative estimate of drug-likeness (QED) is 0.639. The number of hydrogen-bond acceptors (Lipinski definition) is 5. The number of nitrogens with zero attached hydrogens (tertiary/aromatic N) is 2. The number of aromatic nitrogens is 2. The molecule has 1 aliphatic carbocycles. The Balaban J connectivity index is 1.85. The molecule has 1 fully saturated rings. The van der Waals surface area contributed by atoms with Crippen LogP contribution in [-0.2, 0) is 4.79 Å². The monoisotopic (exact) mass is 288 g/mol. The van der Waals surface area contributed by atoms with Gasteiger partial charge in [0.15, 0.2) is 0 Å². The van der Waals surface area contributed by atoms with Crippen LogP contribution in [0.3, 0.4) is 0 Å². The van der Waals surface area contributed by atoms with Crippen LogP contribution < -0.4 is 11.5 Å². The molecule has 2 aromatic rings. The molecule has 1 atom stereocenters. The summed E-state index contributed by atoms with van der Waals surface area (Å²) in [6.07, 6.45) is 3.49. The first kappa shape index (κ1) is 13.3. The third kappa shape index (κ3) is 2.36. The lowest BCUT2D eigenvalue weighted by Crippen LogP contribution is -2.56. The van der Waals surface area contributed by atoms with E-state index in [-0.39, 0.29) is 5.92 Å². The SMILES string of the molecule is NC(=O)C(N)(CSc1ncnc2ccccc12)C1CC1. The second-order valence-electron chi connectivity index (χ2n) is 5.16. The zero-order valence-electron chi connectivity index (χ0n) is 11.0. The summed E-state index contributed by atoms with van der Waals surface area (Å²) in [5.41, 5.74) is 11.6. The van der Waals surface area contributed by atoms with Crippen molar-refractivity contribution in [1.29, 1.82) is 0 Å². The molecule has 1 amide bonds. The Labute approximate surface area is 121 Å². The van der Waals surface area contributed by atoms with Gasteiger partial charge in [0.1, 0.15) is 16.9 Å². The standard InChI is InChI=1S/C14H16N4OS/c15-13(19)14(16,9-5-6-9)7-20-12-10-3-1-2-4-11(10)17-8-18-12/h1-4,8-9H,5-7,16H2,(H2,15,19). The average molecular weight is 288 g/mol. The van der Waals surface area contributed by atoms with Crippen molar-refractivity contribution in [2.24, 2.45) is 17.4 Å². The van der Waals surface area contributed by atoms with Crippen molar-refractivity contribution >= 4 is 28.6 Å². The summed E-state index contributed by atoms with van der Waals surface area (Å²) >= 11 is 1.48. The van der Waals surface area contributed by atoms with Crippen LogP contribution in [0.1, 0.15) is 12.8 Å². The molecule has 1 aliphatic rings. The number of primary amides is 1. The Morgan fingerprint density at radius 3 is 2.80 bits per heavy atom. The Kier molecular flexibility index (Phi) is 3.35. The highest BCUT2D eigenvalue weighted by atomic mass is 32.2. The Bertz CT molecular complexity index is 653. The lowest BCUT2D eigenvalue weighted by atomic mass is 9.96. The maximum atomic E-state index is 11.6. The minimum Gasteiger partial charge on any atom is -0.368 e. The van der Waals surface area contributed by atoms with E-state index >= 15 is 0 Å². The van der Waals surface area contributed by atoms with E-state index in [0.717, 1.165) is 28.8 Å². The van der Waals surface area contributed by atoms with Gasteiger partial charge >= 0.3 is 0 Å². The molecule has 0 radical (unpaired) electrons. The van der Waals surface area contributed by atoms with Gasteiger partial charge in [-0.25, -0.2) is 9.97 Å². The fourth-order valence-electron chi connectivity index (χ4n) is 2.27. The van der Waals surface area contributed by atoms with E-state index < -0.39 is 11.4 Å². The zero-order chi connectivity index (χ0) is 14.2. The van der Waals surface area contributed by atoms with Gasteiger partial charge in [-0.1, -0.05) is 18.2 Å². The normalized spacial score (nSPS) is 17.9. The minimum atomic E-state index is -0.934. The van der Waals surface area contributed by atoms with Gasteiger partial charge in [-0.15, -0.1) is 11.8 Å². The van der Waals surface area contributed by atoms with Crippen molar-refractivity contribution in [2.75, 3.05) is 5.75 Å². The molecular weight excluding hydrogens is 272 g/mol. The summed E-state index contributed by atoms with van der Waals surface area (Å²) in [6, 6.07) is 7.79. The molecule has 5 nitrogen and oxygen atoms in total. The molecule has 104 valence electrons. The van der Waals surface area contributed by atoms with E-state index in [1.807, 2.05) is 24.3 Å². The highest BCUT2D eigenvalue weighted by Gasteiger charge is 2.46. The summed E-state index contributed by atoms with van der Waals surface area (Å²) in [5.74, 6) is 0.236. The van der Waals surface area contributed by atoms with Gasteiger partial charge < -0.3 is 11.5 Å². The van der Waals surface area contributed by atoms with E-state index in [4.69, 9.17) is 11.5 Å². The van der Waals surface area contributed by atoms with Crippen LogP contribution in [0, 0.1) is 5.92 Å². The third-order valence-electron chi connectivity index (χ3n) is 3.72. The van der Waals surface area contributed by atoms with Gasteiger partial charge in [0.25, 0.3) is 0 Å². The molecule has 3 rings (SSSR count). The maximum Gasteiger partial charge on any atom is 0.238 e. The first-order valence-corrected chi connectivity index (χ1v) is 7.51. The summed E-state index contributed by atoms with van der Waals surface area (Å²) in [7, 11) is 0. The third-order valence-corrected chi connectivity index (χ3v) is 4.94. The second-order valence-corrected chi connectivity index (χ2v) is 6.13. The highest BCUT2D eigenvalue weighted by molar-refractivity contribution is 7.99. The van der Waals surface area contributed by atoms with Crippen molar-refractivity contribution in [2.45, 2.75) is 23.4 Å². The van der Waals surface area contributed by atoms with Crippen molar-refractivity contribution < 1.29 is 4.79 Å². The second kappa shape index (κ2) is 5.03. The van der Waals surface area contributed by atoms with Gasteiger partial charge in [0.2, 0.25) is 5.91 Å². The van der Waals surface area contributed by atoms with Crippen molar-refractivity contribution in [1.82, 2.24) is 9.97 Å². The molecule has 1 saturated carbocycles. The summed E-state index contributed by atoms with van der Waals surface area (Å²) in [6.45, 7) is 0. The first-order chi connectivity index (χ1) is 9.61. The van der Waals surface area contributed by atoms with E-state index in [1.54, 1.807) is 0 Å². The summed E-state index contributed by atoms with van der Waals surface area (Å²) in [5, 5.41) is 1.81. The predicted octanol–water partition coefficient (Wildman–Crippen LogP) is 1.31. The Morgan fingerprint density at radius 2 is 2.10 bits per heavy atom. The molecule has 1 aromatic carbocycles. The van der Waals surface area contributed by atoms with E-state index in [1.165, 1.54) is 18.1 Å². The van der Waals surface area contributed by atoms with E-state index in [9.17, 15) is 4.79 Å². The fraction of sp³-hybridized carbons (Fsp3) is 0.357. The number of carbonyl (C=O) groups is 1. The van der Waals surface area contributed by atoms with Crippen LogP contribution in [-0.4, -0.2) is 27.2 Å². The number of benzene rings is 1. The topological polar surface area (TPSA) is 94.9 Å². The molecule has 1 heterocycles. The maximum absolute atomic E-state index is 11.6. The van der Waals surface area contributed by atoms with E-state index in [0.29, 0.717) is 5.75 Å². The van der Waals surface area contributed by atoms with Gasteiger partial charge in [0, 0.05) is 11.1 Å². The van der Waals surface area contributed by atoms with Crippen LogP contribution in [0.25, 0.3) is 10.9 Å². The van der Waals surface area contributed by atoms with E-state index in [2.05, 4.69) is 9.97 Å². The predicted molar refractivity (Wildman–Crippen MR) is 79.1 cm³/mol. The van der Waals surface area contributed by atoms with Crippen molar-refractivity contribution in [3.63, 3.8) is 0 Å². The van der Waals surface area contributed by atoms with Crippen molar-refractivity contribution in [3.8, 4) is 0 Å². The van der Waals surface area contributed by atoms with Crippen LogP contribution in [0.2, 0.25) is 0 Å². The molecule has 0 aliphatic heterocycles. The average Bonchev–Trinajstić information content (AvgIpc) is 3.29. The van der Waals surface area contributed by atoms with Gasteiger partial charge in [0.05, 0.1) is 5.52 Å². The number of hydrogen-bond donors (Lipinski definition) is 2. The van der Waals surface area contributed by atoms with Crippen LogP contribution in [0.4, 0.5) is 0 Å². The highest BCUT2D eigenvalue weighted by Crippen LogP contribution is 2.41. The van der Waals surface area contributed by atoms with Crippen molar-refractivity contribution in [3.05, 3.63) is 30.6 Å². The zero-order valence-corrected chi connectivity index (χ0v) is 11.8. The van der Waals surface area contributed by atoms with Gasteiger partial charge in [-0.2, -0.15) is 0 Å². The molecule has 1 unspecified atom stereocenters. The Hall–Kier alpha value is -1.66. The van der Waals surface area contributed by atoms with Crippen LogP contribution in [0.15, 0.2) is 35.6 Å². The van der Waals surface area contributed by atoms with Gasteiger partial charge in [-0.3, -0.25) is 4.79 Å². The Morgan fingerprint density at radius 1 is 1.35 bits per heavy atom. The number of carbonyl (C=O) groups excluding carboxylic acids is 1. The number of amides is 1. The largest absolute Gasteiger partial charge is 0.368 e. The first-order valence-electron chi connectivity index (χ1n) is 6.52. The molecule has 20 heavy (non-hydrogen) atoms. The molecule has 0 saturated heterocycles. The number of rotatable bonds is 5. The molecule has 0 bridgehead atoms. The number of nitrogens with two attached hydrogens (primary N) is 2. The molecule has 6 heteroatoms. The molecule has 4 N–H and O–H groups in total. The smallest absolute Gasteiger partial charge is 0.238 e.